The molecule has 186 valence electrons. The van der Waals surface area contributed by atoms with Crippen LogP contribution in [0.25, 0.3) is 11.0 Å². The first-order valence-electron chi connectivity index (χ1n) is 13.5. The smallest absolute Gasteiger partial charge is 0.289 e. The molecule has 7 nitrogen and oxygen atoms in total. The molecule has 0 spiro atoms. The van der Waals surface area contributed by atoms with Gasteiger partial charge in [-0.15, -0.1) is 0 Å². The first-order chi connectivity index (χ1) is 17.0. The fraction of sp³-hybridized carbons (Fsp3) is 0.607. The Kier molecular flexibility index (Phi) is 6.60. The van der Waals surface area contributed by atoms with Gasteiger partial charge in [0.25, 0.3) is 5.56 Å². The molecule has 2 heterocycles. The molecular weight excluding hydrogens is 442 g/mol. The first kappa shape index (κ1) is 23.9. The topological polar surface area (TPSA) is 91.0 Å². The van der Waals surface area contributed by atoms with E-state index in [2.05, 4.69) is 18.8 Å². The number of nitrogens with zero attached hydrogens (tertiary/aromatic N) is 3. The summed E-state index contributed by atoms with van der Waals surface area (Å²) in [5, 5.41) is 0.153. The van der Waals surface area contributed by atoms with Crippen molar-refractivity contribution in [2.24, 2.45) is 11.8 Å². The Hall–Kier alpha value is -2.83. The van der Waals surface area contributed by atoms with E-state index < -0.39 is 5.56 Å². The van der Waals surface area contributed by atoms with Crippen molar-refractivity contribution in [1.82, 2.24) is 14.1 Å². The van der Waals surface area contributed by atoms with Crippen LogP contribution in [0.2, 0.25) is 0 Å². The number of aromatic nitrogens is 3. The predicted molar refractivity (Wildman–Crippen MR) is 135 cm³/mol. The van der Waals surface area contributed by atoms with Crippen LogP contribution < -0.4 is 11.2 Å². The molecule has 35 heavy (non-hydrogen) atoms. The third-order valence-corrected chi connectivity index (χ3v) is 8.21. The number of hydrogen-bond donors (Lipinski definition) is 0. The number of carbonyl (C=O) groups excluding carboxylic acids is 2. The molecule has 0 N–H and O–H groups in total. The molecule has 2 aromatic rings. The Morgan fingerprint density at radius 3 is 2.03 bits per heavy atom. The van der Waals surface area contributed by atoms with E-state index >= 15 is 0 Å². The molecule has 0 aromatic carbocycles. The first-order valence-corrected chi connectivity index (χ1v) is 13.5. The maximum atomic E-state index is 13.8. The summed E-state index contributed by atoms with van der Waals surface area (Å²) in [6, 6.07) is 0. The molecule has 0 aliphatic heterocycles. The van der Waals surface area contributed by atoms with Crippen molar-refractivity contribution in [3.8, 4) is 0 Å². The second kappa shape index (κ2) is 9.67. The van der Waals surface area contributed by atoms with Gasteiger partial charge in [-0.25, -0.2) is 9.78 Å². The average Bonchev–Trinajstić information content (AvgIpc) is 3.48. The number of pyridine rings is 1. The zero-order chi connectivity index (χ0) is 24.7. The lowest BCUT2D eigenvalue weighted by Gasteiger charge is -2.25. The number of carbonyl (C=O) groups is 2. The van der Waals surface area contributed by atoms with E-state index in [0.717, 1.165) is 70.6 Å². The van der Waals surface area contributed by atoms with Crippen molar-refractivity contribution in [3.05, 3.63) is 49.3 Å². The lowest BCUT2D eigenvalue weighted by molar-refractivity contribution is 0.0963. The second-order valence-corrected chi connectivity index (χ2v) is 10.5. The lowest BCUT2D eigenvalue weighted by atomic mass is 9.77. The molecule has 2 atom stereocenters. The molecule has 2 aromatic heterocycles. The fourth-order valence-electron chi connectivity index (χ4n) is 6.41. The van der Waals surface area contributed by atoms with Crippen LogP contribution in [0.5, 0.6) is 0 Å². The highest BCUT2D eigenvalue weighted by Crippen LogP contribution is 2.52. The van der Waals surface area contributed by atoms with Crippen LogP contribution in [0, 0.1) is 11.8 Å². The minimum atomic E-state index is -0.482. The van der Waals surface area contributed by atoms with Crippen molar-refractivity contribution in [1.29, 1.82) is 0 Å². The van der Waals surface area contributed by atoms with Crippen LogP contribution in [0.15, 0.2) is 26.9 Å². The van der Waals surface area contributed by atoms with E-state index in [1.807, 2.05) is 0 Å². The molecule has 0 amide bonds. The van der Waals surface area contributed by atoms with Gasteiger partial charge >= 0.3 is 5.69 Å². The highest BCUT2D eigenvalue weighted by atomic mass is 16.2. The van der Waals surface area contributed by atoms with Crippen LogP contribution in [0.3, 0.4) is 0 Å². The van der Waals surface area contributed by atoms with Gasteiger partial charge in [0.15, 0.2) is 11.6 Å². The number of ketones is 2. The highest BCUT2D eigenvalue weighted by Gasteiger charge is 2.49. The van der Waals surface area contributed by atoms with Gasteiger partial charge in [0, 0.05) is 30.4 Å². The largest absolute Gasteiger partial charge is 0.332 e. The molecule has 2 unspecified atom stereocenters. The quantitative estimate of drug-likeness (QED) is 0.457. The molecule has 0 radical (unpaired) electrons. The molecular formula is C28H35N3O4. The molecule has 3 aliphatic rings. The molecule has 5 rings (SSSR count). The van der Waals surface area contributed by atoms with Gasteiger partial charge in [0.05, 0.1) is 16.5 Å². The van der Waals surface area contributed by atoms with Gasteiger partial charge in [-0.3, -0.25) is 23.5 Å². The third kappa shape index (κ3) is 3.83. The zero-order valence-electron chi connectivity index (χ0n) is 20.9. The average molecular weight is 478 g/mol. The Bertz CT molecular complexity index is 1350. The summed E-state index contributed by atoms with van der Waals surface area (Å²) < 4.78 is 2.84. The van der Waals surface area contributed by atoms with Crippen LogP contribution in [-0.2, 0) is 13.1 Å². The predicted octanol–water partition coefficient (Wildman–Crippen LogP) is 4.82. The minimum absolute atomic E-state index is 0.110. The Morgan fingerprint density at radius 1 is 0.800 bits per heavy atom. The van der Waals surface area contributed by atoms with Crippen molar-refractivity contribution < 1.29 is 9.59 Å². The maximum Gasteiger partial charge on any atom is 0.332 e. The van der Waals surface area contributed by atoms with Gasteiger partial charge in [0.1, 0.15) is 5.65 Å². The monoisotopic (exact) mass is 477 g/mol. The van der Waals surface area contributed by atoms with E-state index in [1.54, 1.807) is 4.57 Å². The van der Waals surface area contributed by atoms with Crippen LogP contribution >= 0.6 is 0 Å². The molecule has 1 fully saturated rings. The van der Waals surface area contributed by atoms with Gasteiger partial charge in [-0.05, 0) is 43.9 Å². The number of allylic oxidation sites excluding steroid dienone is 2. The molecule has 0 saturated heterocycles. The highest BCUT2D eigenvalue weighted by molar-refractivity contribution is 6.31. The summed E-state index contributed by atoms with van der Waals surface area (Å²) in [5.41, 5.74) is 1.10. The van der Waals surface area contributed by atoms with Crippen molar-refractivity contribution in [3.63, 3.8) is 0 Å². The molecule has 2 bridgehead atoms. The maximum absolute atomic E-state index is 13.8. The summed E-state index contributed by atoms with van der Waals surface area (Å²) in [7, 11) is 0. The minimum Gasteiger partial charge on any atom is -0.289 e. The van der Waals surface area contributed by atoms with Gasteiger partial charge in [-0.2, -0.15) is 0 Å². The van der Waals surface area contributed by atoms with Crippen LogP contribution in [0.4, 0.5) is 0 Å². The number of Topliss-reactive ketones (excluding diaryl/α,β-unsaturated/α-hetero) is 2. The van der Waals surface area contributed by atoms with Crippen LogP contribution in [-0.4, -0.2) is 25.7 Å². The van der Waals surface area contributed by atoms with Gasteiger partial charge in [-0.1, -0.05) is 52.4 Å². The number of aryl methyl sites for hydroxylation is 1. The molecule has 3 aliphatic carbocycles. The zero-order valence-corrected chi connectivity index (χ0v) is 20.9. The van der Waals surface area contributed by atoms with Crippen molar-refractivity contribution in [2.45, 2.75) is 97.6 Å². The van der Waals surface area contributed by atoms with E-state index in [9.17, 15) is 19.2 Å². The second-order valence-electron chi connectivity index (χ2n) is 10.5. The van der Waals surface area contributed by atoms with Crippen LogP contribution in [0.1, 0.15) is 105 Å². The lowest BCUT2D eigenvalue weighted by Crippen LogP contribution is -2.42. The standard InChI is InChI=1S/C28H35N3O4/c1-3-5-7-9-13-30-26-23(27(34)31(28(30)35)14-10-8-6-4-2)22-19(16-29-26)24(32)20-17-11-12-18(15-17)21(20)25(22)33/h16-18H,3-15H2,1-2H3. The third-order valence-electron chi connectivity index (χ3n) is 8.21. The Balaban J connectivity index is 1.68. The SMILES string of the molecule is CCCCCCn1c(=O)c2c3c(cnc2n(CCCCCC)c1=O)C(=O)C1=C(C3=O)C2CCC1C2. The summed E-state index contributed by atoms with van der Waals surface area (Å²) in [4.78, 5) is 59.0. The van der Waals surface area contributed by atoms with E-state index in [0.29, 0.717) is 24.2 Å². The fourth-order valence-corrected chi connectivity index (χ4v) is 6.41. The van der Waals surface area contributed by atoms with Crippen molar-refractivity contribution >= 4 is 22.6 Å². The van der Waals surface area contributed by atoms with E-state index in [-0.39, 0.29) is 51.3 Å². The molecule has 7 heteroatoms. The van der Waals surface area contributed by atoms with Gasteiger partial charge in [0.2, 0.25) is 0 Å². The summed E-state index contributed by atoms with van der Waals surface area (Å²) in [5.74, 6) is -0.0807. The van der Waals surface area contributed by atoms with E-state index in [1.165, 1.54) is 10.8 Å². The summed E-state index contributed by atoms with van der Waals surface area (Å²) in [6.45, 7) is 5.00. The van der Waals surface area contributed by atoms with Crippen molar-refractivity contribution in [2.75, 3.05) is 0 Å². The molecule has 1 saturated carbocycles. The Labute approximate surface area is 205 Å². The Morgan fingerprint density at radius 2 is 1.40 bits per heavy atom. The number of hydrogen-bond acceptors (Lipinski definition) is 5. The summed E-state index contributed by atoms with van der Waals surface area (Å²) >= 11 is 0. The normalized spacial score (nSPS) is 20.7. The number of unbranched alkanes of at least 4 members (excludes halogenated alkanes) is 6. The van der Waals surface area contributed by atoms with E-state index in [4.69, 9.17) is 0 Å². The van der Waals surface area contributed by atoms with Gasteiger partial charge < -0.3 is 0 Å². The number of rotatable bonds is 10. The summed E-state index contributed by atoms with van der Waals surface area (Å²) in [6.07, 6.45) is 11.8. The number of fused-ring (bicyclic) bond motifs is 7.